The lowest BCUT2D eigenvalue weighted by Gasteiger charge is -2.43. The second-order valence-electron chi connectivity index (χ2n) is 9.08. The number of piperidine rings is 1. The standard InChI is InChI=1S/C25H26F3N3O2/c1-17-4-3-5-18(10-17)23(32)30-9-8-24(16-33-2)15-31(14-20(24)13-30)21-7-6-19(12-29)22(11-21)25(26,27)28/h3-7,10-11,20H,8-9,13-16H2,1-2H3. The summed E-state index contributed by atoms with van der Waals surface area (Å²) in [6.45, 7) is 4.57. The normalized spacial score (nSPS) is 22.7. The number of hydrogen-bond acceptors (Lipinski definition) is 4. The number of nitriles is 1. The van der Waals surface area contributed by atoms with Gasteiger partial charge >= 0.3 is 6.18 Å². The lowest BCUT2D eigenvalue weighted by atomic mass is 9.73. The number of carbonyl (C=O) groups is 1. The van der Waals surface area contributed by atoms with Crippen LogP contribution in [0.25, 0.3) is 0 Å². The van der Waals surface area contributed by atoms with Crippen LogP contribution in [0.4, 0.5) is 18.9 Å². The van der Waals surface area contributed by atoms with E-state index in [0.717, 1.165) is 11.6 Å². The molecule has 2 heterocycles. The van der Waals surface area contributed by atoms with Crippen molar-refractivity contribution in [2.75, 3.05) is 44.8 Å². The maximum Gasteiger partial charge on any atom is 0.417 e. The number of aryl methyl sites for hydroxylation is 1. The predicted octanol–water partition coefficient (Wildman–Crippen LogP) is 4.50. The van der Waals surface area contributed by atoms with Gasteiger partial charge in [0.05, 0.1) is 23.8 Å². The molecule has 2 unspecified atom stereocenters. The highest BCUT2D eigenvalue weighted by Crippen LogP contribution is 2.45. The molecule has 4 rings (SSSR count). The monoisotopic (exact) mass is 457 g/mol. The summed E-state index contributed by atoms with van der Waals surface area (Å²) in [5.74, 6) is 0.0332. The summed E-state index contributed by atoms with van der Waals surface area (Å²) in [4.78, 5) is 16.9. The number of halogens is 3. The van der Waals surface area contributed by atoms with Crippen LogP contribution in [0.5, 0.6) is 0 Å². The van der Waals surface area contributed by atoms with E-state index in [1.165, 1.54) is 6.07 Å². The average molecular weight is 457 g/mol. The summed E-state index contributed by atoms with van der Waals surface area (Å²) < 4.78 is 46.0. The third-order valence-corrected chi connectivity index (χ3v) is 6.91. The Bertz CT molecular complexity index is 1100. The topological polar surface area (TPSA) is 56.6 Å². The van der Waals surface area contributed by atoms with Crippen molar-refractivity contribution < 1.29 is 22.7 Å². The van der Waals surface area contributed by atoms with Crippen molar-refractivity contribution in [2.24, 2.45) is 11.3 Å². The number of likely N-dealkylation sites (tertiary alicyclic amines) is 1. The SMILES string of the molecule is COCC12CCN(C(=O)c3cccc(C)c3)CC1CN(c1ccc(C#N)c(C(F)(F)F)c1)C2. The number of methoxy groups -OCH3 is 1. The molecule has 0 saturated carbocycles. The lowest BCUT2D eigenvalue weighted by Crippen LogP contribution is -2.50. The molecule has 0 radical (unpaired) electrons. The highest BCUT2D eigenvalue weighted by molar-refractivity contribution is 5.94. The Morgan fingerprint density at radius 2 is 2.03 bits per heavy atom. The molecule has 5 nitrogen and oxygen atoms in total. The fourth-order valence-electron chi connectivity index (χ4n) is 5.21. The van der Waals surface area contributed by atoms with Gasteiger partial charge in [0, 0.05) is 55.9 Å². The van der Waals surface area contributed by atoms with E-state index in [0.29, 0.717) is 50.5 Å². The number of rotatable bonds is 4. The molecule has 0 aromatic heterocycles. The van der Waals surface area contributed by atoms with Gasteiger partial charge in [0.1, 0.15) is 0 Å². The third kappa shape index (κ3) is 4.42. The summed E-state index contributed by atoms with van der Waals surface area (Å²) in [7, 11) is 1.63. The minimum absolute atomic E-state index is 0.0269. The number of nitrogens with zero attached hydrogens (tertiary/aromatic N) is 3. The van der Waals surface area contributed by atoms with Crippen molar-refractivity contribution in [1.82, 2.24) is 4.90 Å². The maximum absolute atomic E-state index is 13.5. The molecule has 2 atom stereocenters. The molecule has 1 amide bonds. The lowest BCUT2D eigenvalue weighted by molar-refractivity contribution is -0.137. The molecule has 2 aliphatic heterocycles. The van der Waals surface area contributed by atoms with Gasteiger partial charge in [-0.05, 0) is 43.7 Å². The van der Waals surface area contributed by atoms with E-state index in [2.05, 4.69) is 0 Å². The first-order valence-corrected chi connectivity index (χ1v) is 10.9. The second kappa shape index (κ2) is 8.71. The summed E-state index contributed by atoms with van der Waals surface area (Å²) in [6, 6.07) is 13.0. The van der Waals surface area contributed by atoms with E-state index >= 15 is 0 Å². The molecule has 174 valence electrons. The summed E-state index contributed by atoms with van der Waals surface area (Å²) in [6.07, 6.45) is -3.89. The molecule has 8 heteroatoms. The highest BCUT2D eigenvalue weighted by Gasteiger charge is 2.50. The minimum Gasteiger partial charge on any atom is -0.384 e. The van der Waals surface area contributed by atoms with Crippen molar-refractivity contribution in [2.45, 2.75) is 19.5 Å². The molecule has 0 spiro atoms. The molecular weight excluding hydrogens is 431 g/mol. The van der Waals surface area contributed by atoms with Gasteiger partial charge in [0.15, 0.2) is 0 Å². The molecule has 2 saturated heterocycles. The van der Waals surface area contributed by atoms with Crippen molar-refractivity contribution in [3.63, 3.8) is 0 Å². The zero-order valence-electron chi connectivity index (χ0n) is 18.7. The maximum atomic E-state index is 13.5. The van der Waals surface area contributed by atoms with Gasteiger partial charge in [0.2, 0.25) is 0 Å². The molecular formula is C25H26F3N3O2. The Kier molecular flexibility index (Phi) is 6.10. The number of benzene rings is 2. The van der Waals surface area contributed by atoms with E-state index < -0.39 is 11.7 Å². The van der Waals surface area contributed by atoms with Crippen LogP contribution in [-0.4, -0.2) is 50.7 Å². The molecule has 2 fully saturated rings. The fourth-order valence-corrected chi connectivity index (χ4v) is 5.21. The number of ether oxygens (including phenoxy) is 1. The number of amides is 1. The molecule has 2 aromatic carbocycles. The van der Waals surface area contributed by atoms with Gasteiger partial charge in [0.25, 0.3) is 5.91 Å². The van der Waals surface area contributed by atoms with Crippen molar-refractivity contribution in [3.05, 3.63) is 64.7 Å². The molecule has 2 aliphatic rings. The van der Waals surface area contributed by atoms with E-state index in [1.807, 2.05) is 41.0 Å². The number of anilines is 1. The van der Waals surface area contributed by atoms with Crippen LogP contribution in [0.15, 0.2) is 42.5 Å². The number of fused-ring (bicyclic) bond motifs is 1. The van der Waals surface area contributed by atoms with E-state index in [9.17, 15) is 18.0 Å². The second-order valence-corrected chi connectivity index (χ2v) is 9.08. The van der Waals surface area contributed by atoms with E-state index in [-0.39, 0.29) is 22.8 Å². The van der Waals surface area contributed by atoms with Gasteiger partial charge in [-0.2, -0.15) is 18.4 Å². The quantitative estimate of drug-likeness (QED) is 0.679. The largest absolute Gasteiger partial charge is 0.417 e. The zero-order chi connectivity index (χ0) is 23.8. The summed E-state index contributed by atoms with van der Waals surface area (Å²) in [5, 5.41) is 9.09. The number of carbonyl (C=O) groups excluding carboxylic acids is 1. The van der Waals surface area contributed by atoms with Crippen molar-refractivity contribution >= 4 is 11.6 Å². The fraction of sp³-hybridized carbons (Fsp3) is 0.440. The van der Waals surface area contributed by atoms with Crippen LogP contribution >= 0.6 is 0 Å². The Hall–Kier alpha value is -3.05. The van der Waals surface area contributed by atoms with Crippen LogP contribution in [0.3, 0.4) is 0 Å². The van der Waals surface area contributed by atoms with Gasteiger partial charge in [-0.1, -0.05) is 17.7 Å². The van der Waals surface area contributed by atoms with Gasteiger partial charge in [-0.15, -0.1) is 0 Å². The van der Waals surface area contributed by atoms with E-state index in [4.69, 9.17) is 10.00 Å². The molecule has 0 N–H and O–H groups in total. The van der Waals surface area contributed by atoms with Crippen LogP contribution in [0, 0.1) is 29.6 Å². The molecule has 33 heavy (non-hydrogen) atoms. The van der Waals surface area contributed by atoms with Crippen molar-refractivity contribution in [3.8, 4) is 6.07 Å². The molecule has 0 bridgehead atoms. The first-order valence-electron chi connectivity index (χ1n) is 10.9. The van der Waals surface area contributed by atoms with Crippen LogP contribution in [0.1, 0.15) is 33.5 Å². The van der Waals surface area contributed by atoms with Crippen LogP contribution in [0.2, 0.25) is 0 Å². The number of alkyl halides is 3. The number of hydrogen-bond donors (Lipinski definition) is 0. The first-order chi connectivity index (χ1) is 15.7. The Morgan fingerprint density at radius 1 is 1.24 bits per heavy atom. The van der Waals surface area contributed by atoms with Gasteiger partial charge < -0.3 is 14.5 Å². The van der Waals surface area contributed by atoms with Gasteiger partial charge in [-0.3, -0.25) is 4.79 Å². The van der Waals surface area contributed by atoms with Crippen LogP contribution in [-0.2, 0) is 10.9 Å². The molecule has 0 aliphatic carbocycles. The average Bonchev–Trinajstić information content (AvgIpc) is 3.16. The Labute approximate surface area is 191 Å². The molecule has 2 aromatic rings. The Balaban J connectivity index is 1.59. The highest BCUT2D eigenvalue weighted by atomic mass is 19.4. The first kappa shape index (κ1) is 23.1. The predicted molar refractivity (Wildman–Crippen MR) is 118 cm³/mol. The Morgan fingerprint density at radius 3 is 2.70 bits per heavy atom. The minimum atomic E-state index is -4.60. The zero-order valence-corrected chi connectivity index (χ0v) is 18.7. The summed E-state index contributed by atoms with van der Waals surface area (Å²) in [5.41, 5.74) is 0.539. The smallest absolute Gasteiger partial charge is 0.384 e. The van der Waals surface area contributed by atoms with Crippen molar-refractivity contribution in [1.29, 1.82) is 5.26 Å². The third-order valence-electron chi connectivity index (χ3n) is 6.91. The summed E-state index contributed by atoms with van der Waals surface area (Å²) >= 11 is 0. The van der Waals surface area contributed by atoms with Crippen LogP contribution < -0.4 is 4.90 Å². The van der Waals surface area contributed by atoms with E-state index in [1.54, 1.807) is 19.2 Å². The van der Waals surface area contributed by atoms with Gasteiger partial charge in [-0.25, -0.2) is 0 Å².